The fourth-order valence-corrected chi connectivity index (χ4v) is 2.26. The van der Waals surface area contributed by atoms with Crippen molar-refractivity contribution in [1.29, 1.82) is 0 Å². The molecule has 2 bridgehead atoms. The smallest absolute Gasteiger partial charge is 0.328 e. The summed E-state index contributed by atoms with van der Waals surface area (Å²) >= 11 is 0. The van der Waals surface area contributed by atoms with Crippen LogP contribution in [0.3, 0.4) is 0 Å². The Morgan fingerprint density at radius 2 is 2.50 bits per heavy atom. The van der Waals surface area contributed by atoms with Gasteiger partial charge in [0.1, 0.15) is 0 Å². The first kappa shape index (κ1) is 9.68. The molecule has 14 heavy (non-hydrogen) atoms. The number of aliphatic carboxylic acids is 1. The van der Waals surface area contributed by atoms with Crippen molar-refractivity contribution in [2.45, 2.75) is 31.5 Å². The Balaban J connectivity index is 1.92. The summed E-state index contributed by atoms with van der Waals surface area (Å²) in [5.74, 6) is -0.877. The summed E-state index contributed by atoms with van der Waals surface area (Å²) < 4.78 is 5.48. The minimum atomic E-state index is -0.877. The Morgan fingerprint density at radius 3 is 3.00 bits per heavy atom. The van der Waals surface area contributed by atoms with Gasteiger partial charge in [-0.05, 0) is 13.3 Å². The molecule has 0 amide bonds. The number of carboxylic acids is 1. The largest absolute Gasteiger partial charge is 0.478 e. The highest BCUT2D eigenvalue weighted by molar-refractivity contribution is 5.79. The molecule has 0 spiro atoms. The van der Waals surface area contributed by atoms with Gasteiger partial charge < -0.3 is 9.84 Å². The topological polar surface area (TPSA) is 49.8 Å². The molecule has 0 radical (unpaired) electrons. The van der Waals surface area contributed by atoms with E-state index in [0.717, 1.165) is 19.6 Å². The van der Waals surface area contributed by atoms with Crippen molar-refractivity contribution in [3.8, 4) is 0 Å². The second-order valence-corrected chi connectivity index (χ2v) is 3.98. The molecule has 2 heterocycles. The zero-order chi connectivity index (χ0) is 10.1. The first-order chi connectivity index (χ1) is 6.66. The number of carboxylic acid groups (broad SMARTS) is 1. The monoisotopic (exact) mass is 197 g/mol. The fraction of sp³-hybridized carbons (Fsp3) is 0.700. The van der Waals surface area contributed by atoms with E-state index < -0.39 is 5.97 Å². The highest BCUT2D eigenvalue weighted by atomic mass is 16.5. The van der Waals surface area contributed by atoms with Gasteiger partial charge in [-0.25, -0.2) is 4.79 Å². The van der Waals surface area contributed by atoms with Crippen molar-refractivity contribution in [1.82, 2.24) is 4.90 Å². The van der Waals surface area contributed by atoms with Crippen molar-refractivity contribution >= 4 is 5.97 Å². The minimum absolute atomic E-state index is 0.199. The third-order valence-corrected chi connectivity index (χ3v) is 2.98. The average molecular weight is 197 g/mol. The van der Waals surface area contributed by atoms with Crippen LogP contribution >= 0.6 is 0 Å². The predicted molar refractivity (Wildman–Crippen MR) is 51.1 cm³/mol. The number of carbonyl (C=O) groups is 1. The van der Waals surface area contributed by atoms with Crippen LogP contribution < -0.4 is 0 Å². The lowest BCUT2D eigenvalue weighted by atomic mass is 10.2. The maximum atomic E-state index is 10.3. The Hall–Kier alpha value is -0.870. The van der Waals surface area contributed by atoms with Gasteiger partial charge in [0, 0.05) is 24.7 Å². The highest BCUT2D eigenvalue weighted by Gasteiger charge is 2.40. The quantitative estimate of drug-likeness (QED) is 0.669. The molecule has 3 unspecified atom stereocenters. The summed E-state index contributed by atoms with van der Waals surface area (Å²) in [5.41, 5.74) is 0. The van der Waals surface area contributed by atoms with Crippen molar-refractivity contribution < 1.29 is 14.6 Å². The Labute approximate surface area is 83.2 Å². The number of fused-ring (bicyclic) bond motifs is 2. The number of hydrogen-bond donors (Lipinski definition) is 1. The first-order valence-corrected chi connectivity index (χ1v) is 4.95. The van der Waals surface area contributed by atoms with Gasteiger partial charge in [-0.2, -0.15) is 0 Å². The molecular weight excluding hydrogens is 182 g/mol. The molecule has 2 aliphatic rings. The molecule has 2 aliphatic heterocycles. The lowest BCUT2D eigenvalue weighted by Crippen LogP contribution is -2.42. The van der Waals surface area contributed by atoms with Gasteiger partial charge in [0.25, 0.3) is 0 Å². The predicted octanol–water partition coefficient (Wildman–Crippen LogP) is 0.489. The van der Waals surface area contributed by atoms with Gasteiger partial charge in [0.15, 0.2) is 0 Å². The second kappa shape index (κ2) is 3.71. The summed E-state index contributed by atoms with van der Waals surface area (Å²) in [5, 5.41) is 8.51. The van der Waals surface area contributed by atoms with Crippen LogP contribution in [0.25, 0.3) is 0 Å². The SMILES string of the molecule is CC(/C=C/C(=O)O)N1CC2CC1CO2. The minimum Gasteiger partial charge on any atom is -0.478 e. The van der Waals surface area contributed by atoms with E-state index in [0.29, 0.717) is 12.1 Å². The second-order valence-electron chi connectivity index (χ2n) is 3.98. The van der Waals surface area contributed by atoms with Crippen LogP contribution in [-0.4, -0.2) is 47.3 Å². The molecule has 0 aliphatic carbocycles. The van der Waals surface area contributed by atoms with Crippen LogP contribution in [-0.2, 0) is 9.53 Å². The van der Waals surface area contributed by atoms with Crippen molar-refractivity contribution in [3.63, 3.8) is 0 Å². The van der Waals surface area contributed by atoms with E-state index in [-0.39, 0.29) is 6.04 Å². The van der Waals surface area contributed by atoms with Crippen LogP contribution in [0.5, 0.6) is 0 Å². The molecule has 0 aromatic carbocycles. The number of nitrogens with zero attached hydrogens (tertiary/aromatic N) is 1. The summed E-state index contributed by atoms with van der Waals surface area (Å²) in [7, 11) is 0. The molecule has 3 atom stereocenters. The lowest BCUT2D eigenvalue weighted by molar-refractivity contribution is -0.131. The lowest BCUT2D eigenvalue weighted by Gasteiger charge is -2.30. The number of rotatable bonds is 3. The highest BCUT2D eigenvalue weighted by Crippen LogP contribution is 2.29. The van der Waals surface area contributed by atoms with Gasteiger partial charge in [-0.1, -0.05) is 6.08 Å². The van der Waals surface area contributed by atoms with Gasteiger partial charge in [-0.15, -0.1) is 0 Å². The van der Waals surface area contributed by atoms with E-state index in [2.05, 4.69) is 4.90 Å². The van der Waals surface area contributed by atoms with Gasteiger partial charge in [0.05, 0.1) is 12.7 Å². The van der Waals surface area contributed by atoms with E-state index in [1.807, 2.05) is 6.92 Å². The zero-order valence-electron chi connectivity index (χ0n) is 8.22. The summed E-state index contributed by atoms with van der Waals surface area (Å²) in [6, 6.07) is 0.693. The number of likely N-dealkylation sites (tertiary alicyclic amines) is 1. The third kappa shape index (κ3) is 1.81. The van der Waals surface area contributed by atoms with Crippen molar-refractivity contribution in [3.05, 3.63) is 12.2 Å². The molecular formula is C10H15NO3. The zero-order valence-corrected chi connectivity index (χ0v) is 8.22. The van der Waals surface area contributed by atoms with Crippen molar-refractivity contribution in [2.24, 2.45) is 0 Å². The van der Waals surface area contributed by atoms with Gasteiger partial charge >= 0.3 is 5.97 Å². The van der Waals surface area contributed by atoms with Crippen LogP contribution in [0.15, 0.2) is 12.2 Å². The molecule has 78 valence electrons. The van der Waals surface area contributed by atoms with E-state index in [4.69, 9.17) is 9.84 Å². The molecule has 2 fully saturated rings. The Bertz CT molecular complexity index is 264. The molecule has 2 rings (SSSR count). The van der Waals surface area contributed by atoms with Crippen LogP contribution in [0.1, 0.15) is 13.3 Å². The summed E-state index contributed by atoms with van der Waals surface area (Å²) in [6.07, 6.45) is 4.44. The summed E-state index contributed by atoms with van der Waals surface area (Å²) in [4.78, 5) is 12.7. The Kier molecular flexibility index (Phi) is 2.56. The summed E-state index contributed by atoms with van der Waals surface area (Å²) in [6.45, 7) is 3.77. The van der Waals surface area contributed by atoms with Crippen LogP contribution in [0, 0.1) is 0 Å². The average Bonchev–Trinajstić information content (AvgIpc) is 2.74. The third-order valence-electron chi connectivity index (χ3n) is 2.98. The van der Waals surface area contributed by atoms with E-state index in [1.165, 1.54) is 6.08 Å². The normalized spacial score (nSPS) is 34.1. The number of hydrogen-bond acceptors (Lipinski definition) is 3. The van der Waals surface area contributed by atoms with Crippen LogP contribution in [0.4, 0.5) is 0 Å². The molecule has 4 nitrogen and oxygen atoms in total. The fourth-order valence-electron chi connectivity index (χ4n) is 2.26. The first-order valence-electron chi connectivity index (χ1n) is 4.95. The number of ether oxygens (including phenoxy) is 1. The van der Waals surface area contributed by atoms with Crippen molar-refractivity contribution in [2.75, 3.05) is 13.2 Å². The van der Waals surface area contributed by atoms with E-state index in [1.54, 1.807) is 6.08 Å². The molecule has 2 saturated heterocycles. The maximum absolute atomic E-state index is 10.3. The standard InChI is InChI=1S/C10H15NO3/c1-7(2-3-10(12)13)11-5-9-4-8(11)6-14-9/h2-3,7-9H,4-6H2,1H3,(H,12,13)/b3-2+. The van der Waals surface area contributed by atoms with Gasteiger partial charge in [0.2, 0.25) is 0 Å². The molecule has 0 saturated carbocycles. The maximum Gasteiger partial charge on any atom is 0.328 e. The van der Waals surface area contributed by atoms with Crippen LogP contribution in [0.2, 0.25) is 0 Å². The molecule has 1 N–H and O–H groups in total. The molecule has 4 heteroatoms. The van der Waals surface area contributed by atoms with Gasteiger partial charge in [-0.3, -0.25) is 4.90 Å². The number of morpholine rings is 1. The Morgan fingerprint density at radius 1 is 1.71 bits per heavy atom. The van der Waals surface area contributed by atoms with E-state index >= 15 is 0 Å². The molecule has 0 aromatic heterocycles. The van der Waals surface area contributed by atoms with E-state index in [9.17, 15) is 4.79 Å². The molecule has 0 aromatic rings.